The molecule has 0 unspecified atom stereocenters. The van der Waals surface area contributed by atoms with Crippen LogP contribution in [0.3, 0.4) is 0 Å². The summed E-state index contributed by atoms with van der Waals surface area (Å²) in [6.45, 7) is 3.19. The molecule has 0 fully saturated rings. The molecule has 0 saturated carbocycles. The second-order valence-corrected chi connectivity index (χ2v) is 7.24. The molecular weight excluding hydrogens is 324 g/mol. The van der Waals surface area contributed by atoms with Crippen LogP contribution >= 0.6 is 0 Å². The van der Waals surface area contributed by atoms with E-state index in [0.29, 0.717) is 11.4 Å². The lowest BCUT2D eigenvalue weighted by molar-refractivity contribution is 0.390. The van der Waals surface area contributed by atoms with Gasteiger partial charge in [-0.1, -0.05) is 47.6 Å². The number of hydrogen-bond donors (Lipinski definition) is 1. The fourth-order valence-electron chi connectivity index (χ4n) is 2.59. The second-order valence-electron chi connectivity index (χ2n) is 5.62. The zero-order valence-corrected chi connectivity index (χ0v) is 14.3. The zero-order valence-electron chi connectivity index (χ0n) is 13.5. The maximum Gasteiger partial charge on any atom is 0.267 e. The van der Waals surface area contributed by atoms with Crippen molar-refractivity contribution in [3.8, 4) is 0 Å². The third-order valence-corrected chi connectivity index (χ3v) is 5.32. The van der Waals surface area contributed by atoms with Crippen molar-refractivity contribution in [1.82, 2.24) is 5.16 Å². The van der Waals surface area contributed by atoms with Crippen LogP contribution in [0.2, 0.25) is 0 Å². The largest absolute Gasteiger partial charge is 0.360 e. The zero-order chi connectivity index (χ0) is 17.2. The summed E-state index contributed by atoms with van der Waals surface area (Å²) in [5, 5.41) is 3.69. The van der Waals surface area contributed by atoms with E-state index in [2.05, 4.69) is 22.0 Å². The molecule has 5 nitrogen and oxygen atoms in total. The number of hydrogen-bond acceptors (Lipinski definition) is 4. The van der Waals surface area contributed by atoms with Crippen LogP contribution < -0.4 is 4.72 Å². The highest BCUT2D eigenvalue weighted by Gasteiger charge is 2.24. The Morgan fingerprint density at radius 3 is 2.17 bits per heavy atom. The Morgan fingerprint density at radius 2 is 1.58 bits per heavy atom. The number of sulfonamides is 1. The molecule has 1 N–H and O–H groups in total. The van der Waals surface area contributed by atoms with Gasteiger partial charge in [0.1, 0.15) is 5.69 Å². The van der Waals surface area contributed by atoms with Gasteiger partial charge in [-0.3, -0.25) is 4.72 Å². The summed E-state index contributed by atoms with van der Waals surface area (Å²) < 4.78 is 32.4. The number of aryl methyl sites for hydroxylation is 2. The minimum Gasteiger partial charge on any atom is -0.360 e. The van der Waals surface area contributed by atoms with Gasteiger partial charge in [-0.2, -0.15) is 0 Å². The van der Waals surface area contributed by atoms with Gasteiger partial charge in [0.25, 0.3) is 10.0 Å². The van der Waals surface area contributed by atoms with Crippen molar-refractivity contribution < 1.29 is 12.9 Å². The quantitative estimate of drug-likeness (QED) is 0.767. The van der Waals surface area contributed by atoms with Gasteiger partial charge in [-0.15, -0.1) is 0 Å². The Balaban J connectivity index is 1.77. The van der Waals surface area contributed by atoms with Gasteiger partial charge in [-0.05, 0) is 43.5 Å². The molecule has 6 heteroatoms. The maximum absolute atomic E-state index is 12.5. The first-order valence-corrected chi connectivity index (χ1v) is 9.02. The van der Waals surface area contributed by atoms with E-state index >= 15 is 0 Å². The number of nitrogens with zero attached hydrogens (tertiary/aromatic N) is 1. The Labute approximate surface area is 141 Å². The van der Waals surface area contributed by atoms with Crippen molar-refractivity contribution in [3.63, 3.8) is 0 Å². The summed E-state index contributed by atoms with van der Waals surface area (Å²) in [4.78, 5) is 0.0934. The fourth-order valence-corrected chi connectivity index (χ4v) is 3.98. The molecule has 0 bridgehead atoms. The molecule has 1 aromatic heterocycles. The molecule has 3 rings (SSSR count). The van der Waals surface area contributed by atoms with Gasteiger partial charge in [0.15, 0.2) is 10.7 Å². The monoisotopic (exact) mass is 342 g/mol. The molecule has 0 radical (unpaired) electrons. The molecule has 0 amide bonds. The van der Waals surface area contributed by atoms with E-state index in [9.17, 15) is 8.42 Å². The Morgan fingerprint density at radius 1 is 0.958 bits per heavy atom. The Kier molecular flexibility index (Phi) is 4.40. The van der Waals surface area contributed by atoms with Crippen LogP contribution in [0.5, 0.6) is 0 Å². The first-order chi connectivity index (χ1) is 11.5. The van der Waals surface area contributed by atoms with Crippen molar-refractivity contribution in [3.05, 3.63) is 77.2 Å². The molecular formula is C18H18N2O3S. The Bertz CT molecular complexity index is 911. The molecule has 3 aromatic rings. The minimum absolute atomic E-state index is 0.0934. The third kappa shape index (κ3) is 3.49. The van der Waals surface area contributed by atoms with Crippen LogP contribution in [0.1, 0.15) is 22.6 Å². The molecule has 0 aliphatic heterocycles. The van der Waals surface area contributed by atoms with Crippen molar-refractivity contribution >= 4 is 15.7 Å². The van der Waals surface area contributed by atoms with E-state index in [1.807, 2.05) is 30.3 Å². The summed E-state index contributed by atoms with van der Waals surface area (Å²) in [6, 6.07) is 17.5. The molecule has 0 atom stereocenters. The van der Waals surface area contributed by atoms with E-state index in [-0.39, 0.29) is 10.7 Å². The van der Waals surface area contributed by atoms with E-state index < -0.39 is 10.0 Å². The predicted molar refractivity (Wildman–Crippen MR) is 92.5 cm³/mol. The topological polar surface area (TPSA) is 72.2 Å². The maximum atomic E-state index is 12.5. The molecule has 0 aliphatic carbocycles. The van der Waals surface area contributed by atoms with Crippen LogP contribution in [0.4, 0.5) is 5.69 Å². The van der Waals surface area contributed by atoms with Gasteiger partial charge in [-0.25, -0.2) is 8.42 Å². The summed E-state index contributed by atoms with van der Waals surface area (Å²) >= 11 is 0. The van der Waals surface area contributed by atoms with Crippen molar-refractivity contribution in [2.75, 3.05) is 4.72 Å². The first-order valence-electron chi connectivity index (χ1n) is 7.54. The number of rotatable bonds is 5. The van der Waals surface area contributed by atoms with Gasteiger partial charge < -0.3 is 4.52 Å². The summed E-state index contributed by atoms with van der Waals surface area (Å²) in [5.74, 6) is 0.278. The molecule has 0 aliphatic rings. The van der Waals surface area contributed by atoms with Gasteiger partial charge in [0.05, 0.1) is 0 Å². The highest BCUT2D eigenvalue weighted by Crippen LogP contribution is 2.22. The van der Waals surface area contributed by atoms with Gasteiger partial charge in [0, 0.05) is 5.69 Å². The predicted octanol–water partition coefficient (Wildman–Crippen LogP) is 3.68. The van der Waals surface area contributed by atoms with Crippen LogP contribution in [0, 0.1) is 13.8 Å². The Hall–Kier alpha value is -2.60. The van der Waals surface area contributed by atoms with E-state index in [4.69, 9.17) is 4.52 Å². The summed E-state index contributed by atoms with van der Waals surface area (Å²) in [7, 11) is -3.71. The molecule has 0 saturated heterocycles. The SMILES string of the molecule is Cc1noc(C)c1S(=O)(=O)Nc1ccc(Cc2ccccc2)cc1. The van der Waals surface area contributed by atoms with E-state index in [0.717, 1.165) is 12.0 Å². The standard InChI is InChI=1S/C18H18N2O3S/c1-13-18(14(2)23-19-13)24(21,22)20-17-10-8-16(9-11-17)12-15-6-4-3-5-7-15/h3-11,20H,12H2,1-2H3. The van der Waals surface area contributed by atoms with Crippen LogP contribution in [0.15, 0.2) is 64.0 Å². The lowest BCUT2D eigenvalue weighted by atomic mass is 10.1. The fraction of sp³-hybridized carbons (Fsp3) is 0.167. The van der Waals surface area contributed by atoms with E-state index in [1.165, 1.54) is 5.56 Å². The van der Waals surface area contributed by atoms with Gasteiger partial charge >= 0.3 is 0 Å². The molecule has 24 heavy (non-hydrogen) atoms. The highest BCUT2D eigenvalue weighted by atomic mass is 32.2. The first kappa shape index (κ1) is 16.3. The summed E-state index contributed by atoms with van der Waals surface area (Å²) in [6.07, 6.45) is 0.803. The van der Waals surface area contributed by atoms with Crippen LogP contribution in [-0.4, -0.2) is 13.6 Å². The lowest BCUT2D eigenvalue weighted by Crippen LogP contribution is -2.14. The molecule has 2 aromatic carbocycles. The van der Waals surface area contributed by atoms with E-state index in [1.54, 1.807) is 26.0 Å². The van der Waals surface area contributed by atoms with Crippen LogP contribution in [-0.2, 0) is 16.4 Å². The lowest BCUT2D eigenvalue weighted by Gasteiger charge is -2.08. The average molecular weight is 342 g/mol. The minimum atomic E-state index is -3.71. The van der Waals surface area contributed by atoms with Crippen molar-refractivity contribution in [2.45, 2.75) is 25.2 Å². The smallest absolute Gasteiger partial charge is 0.267 e. The third-order valence-electron chi connectivity index (χ3n) is 3.69. The number of benzene rings is 2. The highest BCUT2D eigenvalue weighted by molar-refractivity contribution is 7.92. The molecule has 1 heterocycles. The van der Waals surface area contributed by atoms with Crippen molar-refractivity contribution in [1.29, 1.82) is 0 Å². The summed E-state index contributed by atoms with van der Waals surface area (Å²) in [5.41, 5.74) is 3.18. The average Bonchev–Trinajstić information content (AvgIpc) is 2.90. The molecule has 124 valence electrons. The number of anilines is 1. The molecule has 0 spiro atoms. The normalized spacial score (nSPS) is 11.4. The van der Waals surface area contributed by atoms with Crippen molar-refractivity contribution in [2.24, 2.45) is 0 Å². The number of nitrogens with one attached hydrogen (secondary N) is 1. The second kappa shape index (κ2) is 6.49. The number of aromatic nitrogens is 1. The van der Waals surface area contributed by atoms with Crippen LogP contribution in [0.25, 0.3) is 0 Å². The van der Waals surface area contributed by atoms with Gasteiger partial charge in [0.2, 0.25) is 0 Å².